The monoisotopic (exact) mass is 388 g/mol. The number of aryl methyl sites for hydroxylation is 1. The molecule has 2 aromatic carbocycles. The van der Waals surface area contributed by atoms with Gasteiger partial charge in [0.05, 0.1) is 17.4 Å². The number of hydrogen-bond donors (Lipinski definition) is 1. The van der Waals surface area contributed by atoms with Crippen molar-refractivity contribution in [2.45, 2.75) is 19.9 Å². The second kappa shape index (κ2) is 8.22. The highest BCUT2D eigenvalue weighted by Crippen LogP contribution is 2.23. The first-order chi connectivity index (χ1) is 14.1. The van der Waals surface area contributed by atoms with Crippen LogP contribution < -0.4 is 5.32 Å². The van der Waals surface area contributed by atoms with E-state index < -0.39 is 5.82 Å². The fourth-order valence-electron chi connectivity index (χ4n) is 3.28. The van der Waals surface area contributed by atoms with Crippen LogP contribution >= 0.6 is 0 Å². The summed E-state index contributed by atoms with van der Waals surface area (Å²) in [5.41, 5.74) is 3.93. The van der Waals surface area contributed by atoms with Gasteiger partial charge in [-0.25, -0.2) is 4.39 Å². The molecule has 6 heteroatoms. The van der Waals surface area contributed by atoms with Crippen molar-refractivity contribution < 1.29 is 9.18 Å². The van der Waals surface area contributed by atoms with E-state index in [0.717, 1.165) is 11.1 Å². The van der Waals surface area contributed by atoms with Crippen molar-refractivity contribution in [3.05, 3.63) is 95.2 Å². The second-order valence-electron chi connectivity index (χ2n) is 6.99. The molecule has 2 heterocycles. The van der Waals surface area contributed by atoms with Crippen molar-refractivity contribution in [2.75, 3.05) is 6.54 Å². The zero-order valence-electron chi connectivity index (χ0n) is 16.1. The number of amides is 1. The van der Waals surface area contributed by atoms with Crippen LogP contribution in [0.4, 0.5) is 4.39 Å². The normalized spacial score (nSPS) is 11.0. The van der Waals surface area contributed by atoms with Crippen LogP contribution in [0.2, 0.25) is 0 Å². The van der Waals surface area contributed by atoms with Crippen molar-refractivity contribution >= 4 is 16.8 Å². The Morgan fingerprint density at radius 1 is 1.07 bits per heavy atom. The summed E-state index contributed by atoms with van der Waals surface area (Å²) in [6.07, 6.45) is 4.11. The third kappa shape index (κ3) is 4.16. The number of pyridine rings is 1. The number of nitrogens with zero attached hydrogens (tertiary/aromatic N) is 3. The van der Waals surface area contributed by atoms with Crippen molar-refractivity contribution in [2.24, 2.45) is 0 Å². The number of rotatable bonds is 6. The van der Waals surface area contributed by atoms with E-state index in [1.807, 2.05) is 43.3 Å². The third-order valence-corrected chi connectivity index (χ3v) is 4.82. The lowest BCUT2D eigenvalue weighted by Gasteiger charge is -2.04. The predicted molar refractivity (Wildman–Crippen MR) is 110 cm³/mol. The van der Waals surface area contributed by atoms with Crippen LogP contribution in [0.5, 0.6) is 0 Å². The molecule has 1 amide bonds. The van der Waals surface area contributed by atoms with Gasteiger partial charge in [0.25, 0.3) is 5.91 Å². The van der Waals surface area contributed by atoms with Crippen molar-refractivity contribution in [1.29, 1.82) is 0 Å². The molecular formula is C23H21FN4O. The molecule has 4 rings (SSSR count). The van der Waals surface area contributed by atoms with Crippen molar-refractivity contribution in [3.8, 4) is 0 Å². The quantitative estimate of drug-likeness (QED) is 0.545. The number of fused-ring (bicyclic) bond motifs is 1. The van der Waals surface area contributed by atoms with E-state index in [1.54, 1.807) is 29.2 Å². The van der Waals surface area contributed by atoms with Crippen LogP contribution in [0.15, 0.2) is 67.0 Å². The fourth-order valence-corrected chi connectivity index (χ4v) is 3.28. The largest absolute Gasteiger partial charge is 0.350 e. The minimum atomic E-state index is -0.449. The third-order valence-electron chi connectivity index (χ3n) is 4.82. The highest BCUT2D eigenvalue weighted by Gasteiger charge is 2.20. The van der Waals surface area contributed by atoms with Crippen LogP contribution in [0.1, 0.15) is 27.2 Å². The van der Waals surface area contributed by atoms with Gasteiger partial charge in [-0.1, -0.05) is 42.0 Å². The molecule has 0 spiro atoms. The molecule has 4 aromatic rings. The number of hydrogen-bond acceptors (Lipinski definition) is 3. The Hall–Kier alpha value is -3.54. The predicted octanol–water partition coefficient (Wildman–Crippen LogP) is 3.90. The van der Waals surface area contributed by atoms with Crippen LogP contribution in [0.3, 0.4) is 0 Å². The summed E-state index contributed by atoms with van der Waals surface area (Å²) in [4.78, 5) is 16.8. The maximum atomic E-state index is 14.6. The van der Waals surface area contributed by atoms with E-state index in [-0.39, 0.29) is 17.0 Å². The maximum absolute atomic E-state index is 14.6. The van der Waals surface area contributed by atoms with E-state index in [4.69, 9.17) is 0 Å². The molecule has 29 heavy (non-hydrogen) atoms. The molecule has 0 saturated heterocycles. The molecular weight excluding hydrogens is 367 g/mol. The van der Waals surface area contributed by atoms with Crippen LogP contribution in [-0.2, 0) is 13.0 Å². The van der Waals surface area contributed by atoms with Gasteiger partial charge in [-0.15, -0.1) is 0 Å². The zero-order chi connectivity index (χ0) is 20.2. The molecule has 0 saturated carbocycles. The summed E-state index contributed by atoms with van der Waals surface area (Å²) in [6.45, 7) is 2.91. The molecule has 0 fully saturated rings. The Balaban J connectivity index is 1.58. The molecule has 0 aliphatic carbocycles. The minimum absolute atomic E-state index is 0.108. The molecule has 2 aromatic heterocycles. The molecule has 0 aliphatic heterocycles. The van der Waals surface area contributed by atoms with E-state index in [1.165, 1.54) is 11.6 Å². The Labute approximate surface area is 168 Å². The van der Waals surface area contributed by atoms with E-state index in [9.17, 15) is 9.18 Å². The lowest BCUT2D eigenvalue weighted by atomic mass is 10.1. The summed E-state index contributed by atoms with van der Waals surface area (Å²) in [5, 5.41) is 7.54. The summed E-state index contributed by atoms with van der Waals surface area (Å²) in [5.74, 6) is -0.832. The van der Waals surface area contributed by atoms with Crippen LogP contribution in [-0.4, -0.2) is 27.2 Å². The Morgan fingerprint density at radius 2 is 1.90 bits per heavy atom. The highest BCUT2D eigenvalue weighted by atomic mass is 19.1. The maximum Gasteiger partial charge on any atom is 0.272 e. The summed E-state index contributed by atoms with van der Waals surface area (Å²) in [6, 6.07) is 16.6. The number of benzene rings is 2. The summed E-state index contributed by atoms with van der Waals surface area (Å²) in [7, 11) is 0. The topological polar surface area (TPSA) is 59.8 Å². The number of nitrogens with one attached hydrogen (secondary N) is 1. The van der Waals surface area contributed by atoms with Gasteiger partial charge in [0.1, 0.15) is 5.82 Å². The fraction of sp³-hybridized carbons (Fsp3) is 0.174. The lowest BCUT2D eigenvalue weighted by molar-refractivity contribution is 0.0949. The Bertz CT molecular complexity index is 1140. The first-order valence-electron chi connectivity index (χ1n) is 9.49. The first-order valence-corrected chi connectivity index (χ1v) is 9.49. The average molecular weight is 388 g/mol. The molecule has 0 unspecified atom stereocenters. The zero-order valence-corrected chi connectivity index (χ0v) is 16.1. The van der Waals surface area contributed by atoms with Gasteiger partial charge in [-0.2, -0.15) is 5.10 Å². The standard InChI is InChI=1S/C23H21FN4O/c1-16-7-9-18(10-8-16)15-28-20-6-2-5-19(24)21(20)22(27-28)23(29)26-13-11-17-4-3-12-25-14-17/h2-10,12,14H,11,13,15H2,1H3,(H,26,29). The molecule has 0 radical (unpaired) electrons. The van der Waals surface area contributed by atoms with Gasteiger partial charge in [0.2, 0.25) is 0 Å². The van der Waals surface area contributed by atoms with E-state index in [0.29, 0.717) is 25.0 Å². The molecule has 0 aliphatic rings. The number of carbonyl (C=O) groups is 1. The van der Waals surface area contributed by atoms with Gasteiger partial charge >= 0.3 is 0 Å². The van der Waals surface area contributed by atoms with Gasteiger partial charge in [-0.3, -0.25) is 14.5 Å². The van der Waals surface area contributed by atoms with Gasteiger partial charge < -0.3 is 5.32 Å². The van der Waals surface area contributed by atoms with Crippen molar-refractivity contribution in [1.82, 2.24) is 20.1 Å². The Morgan fingerprint density at radius 3 is 2.66 bits per heavy atom. The smallest absolute Gasteiger partial charge is 0.272 e. The average Bonchev–Trinajstić information content (AvgIpc) is 3.10. The number of carbonyl (C=O) groups excluding carboxylic acids is 1. The van der Waals surface area contributed by atoms with E-state index >= 15 is 0 Å². The molecule has 1 N–H and O–H groups in total. The van der Waals surface area contributed by atoms with Gasteiger partial charge in [0.15, 0.2) is 5.69 Å². The van der Waals surface area contributed by atoms with E-state index in [2.05, 4.69) is 15.4 Å². The first kappa shape index (κ1) is 18.8. The summed E-state index contributed by atoms with van der Waals surface area (Å²) >= 11 is 0. The SMILES string of the molecule is Cc1ccc(Cn2nc(C(=O)NCCc3cccnc3)c3c(F)cccc32)cc1. The molecule has 0 bridgehead atoms. The van der Waals surface area contributed by atoms with Crippen LogP contribution in [0.25, 0.3) is 10.9 Å². The van der Waals surface area contributed by atoms with Crippen LogP contribution in [0, 0.1) is 12.7 Å². The van der Waals surface area contributed by atoms with Gasteiger partial charge in [0, 0.05) is 18.9 Å². The molecule has 146 valence electrons. The van der Waals surface area contributed by atoms with Gasteiger partial charge in [-0.05, 0) is 42.7 Å². The number of halogens is 1. The lowest BCUT2D eigenvalue weighted by Crippen LogP contribution is -2.26. The molecule has 5 nitrogen and oxygen atoms in total. The molecule has 0 atom stereocenters. The minimum Gasteiger partial charge on any atom is -0.350 e. The Kier molecular flexibility index (Phi) is 5.33. The summed E-state index contributed by atoms with van der Waals surface area (Å²) < 4.78 is 16.2. The van der Waals surface area contributed by atoms with Crippen molar-refractivity contribution in [3.63, 3.8) is 0 Å². The number of aromatic nitrogens is 3. The second-order valence-corrected chi connectivity index (χ2v) is 6.99. The highest BCUT2D eigenvalue weighted by molar-refractivity contribution is 6.05.